The van der Waals surface area contributed by atoms with Crippen LogP contribution in [-0.2, 0) is 11.6 Å². The summed E-state index contributed by atoms with van der Waals surface area (Å²) >= 11 is 0. The number of halogens is 3. The summed E-state index contributed by atoms with van der Waals surface area (Å²) in [6.45, 7) is 5.35. The lowest BCUT2D eigenvalue weighted by Gasteiger charge is -2.23. The van der Waals surface area contributed by atoms with Gasteiger partial charge in [-0.2, -0.15) is 13.2 Å². The molecule has 2 rings (SSSR count). The molecular formula is C19H18F3NO. The number of nitrogens with zero attached hydrogens (tertiary/aromatic N) is 1. The van der Waals surface area contributed by atoms with Crippen LogP contribution in [-0.4, -0.2) is 12.1 Å². The number of aromatic nitrogens is 1. The van der Waals surface area contributed by atoms with Crippen molar-refractivity contribution in [3.63, 3.8) is 0 Å². The molecule has 0 saturated heterocycles. The van der Waals surface area contributed by atoms with Crippen LogP contribution in [0.25, 0.3) is 0 Å². The van der Waals surface area contributed by atoms with Gasteiger partial charge < -0.3 is 4.74 Å². The fraction of sp³-hybridized carbons (Fsp3) is 0.316. The maximum absolute atomic E-state index is 13.2. The molecule has 0 N–H and O–H groups in total. The van der Waals surface area contributed by atoms with Crippen LogP contribution in [0.5, 0.6) is 5.75 Å². The molecule has 5 heteroatoms. The molecule has 0 aliphatic rings. The van der Waals surface area contributed by atoms with Gasteiger partial charge >= 0.3 is 6.18 Å². The lowest BCUT2D eigenvalue weighted by atomic mass is 9.89. The lowest BCUT2D eigenvalue weighted by molar-refractivity contribution is -0.141. The highest BCUT2D eigenvalue weighted by molar-refractivity contribution is 5.54. The number of hydrogen-bond donors (Lipinski definition) is 0. The second-order valence-corrected chi connectivity index (χ2v) is 6.30. The van der Waals surface area contributed by atoms with Gasteiger partial charge in [0.05, 0.1) is 18.4 Å². The molecule has 1 aromatic carbocycles. The number of alkyl halides is 3. The maximum Gasteiger partial charge on any atom is 0.433 e. The molecule has 0 bridgehead atoms. The quantitative estimate of drug-likeness (QED) is 0.699. The molecule has 0 spiro atoms. The van der Waals surface area contributed by atoms with Crippen molar-refractivity contribution >= 4 is 0 Å². The first-order chi connectivity index (χ1) is 11.1. The van der Waals surface area contributed by atoms with Crippen LogP contribution in [0.4, 0.5) is 13.2 Å². The van der Waals surface area contributed by atoms with Crippen molar-refractivity contribution in [1.29, 1.82) is 0 Å². The third kappa shape index (κ3) is 4.08. The van der Waals surface area contributed by atoms with E-state index in [4.69, 9.17) is 4.74 Å². The van der Waals surface area contributed by atoms with Crippen molar-refractivity contribution < 1.29 is 17.9 Å². The van der Waals surface area contributed by atoms with E-state index in [1.54, 1.807) is 32.9 Å². The summed E-state index contributed by atoms with van der Waals surface area (Å²) in [7, 11) is 1.41. The molecule has 0 aliphatic heterocycles. The SMILES string of the molecule is COc1c(C#Cc2ccccc2)cc(C(F)(F)F)nc1C(C)(C)C. The maximum atomic E-state index is 13.2. The molecule has 0 aliphatic carbocycles. The topological polar surface area (TPSA) is 22.1 Å². The normalized spacial score (nSPS) is 11.6. The van der Waals surface area contributed by atoms with Crippen LogP contribution < -0.4 is 4.74 Å². The van der Waals surface area contributed by atoms with Crippen LogP contribution >= 0.6 is 0 Å². The van der Waals surface area contributed by atoms with Crippen LogP contribution in [0.2, 0.25) is 0 Å². The molecule has 1 heterocycles. The van der Waals surface area contributed by atoms with E-state index in [0.29, 0.717) is 5.56 Å². The van der Waals surface area contributed by atoms with E-state index in [2.05, 4.69) is 16.8 Å². The van der Waals surface area contributed by atoms with E-state index in [0.717, 1.165) is 6.07 Å². The first-order valence-electron chi connectivity index (χ1n) is 7.36. The molecule has 2 nitrogen and oxygen atoms in total. The number of ether oxygens (including phenoxy) is 1. The monoisotopic (exact) mass is 333 g/mol. The lowest BCUT2D eigenvalue weighted by Crippen LogP contribution is -2.20. The molecule has 2 aromatic rings. The molecule has 0 unspecified atom stereocenters. The van der Waals surface area contributed by atoms with Crippen LogP contribution in [0.15, 0.2) is 36.4 Å². The zero-order valence-corrected chi connectivity index (χ0v) is 14.0. The molecule has 0 amide bonds. The average molecular weight is 333 g/mol. The molecular weight excluding hydrogens is 315 g/mol. The number of methoxy groups -OCH3 is 1. The smallest absolute Gasteiger partial charge is 0.433 e. The molecule has 0 radical (unpaired) electrons. The fourth-order valence-corrected chi connectivity index (χ4v) is 2.15. The van der Waals surface area contributed by atoms with Crippen molar-refractivity contribution in [2.45, 2.75) is 32.4 Å². The van der Waals surface area contributed by atoms with E-state index >= 15 is 0 Å². The second-order valence-electron chi connectivity index (χ2n) is 6.30. The van der Waals surface area contributed by atoms with Crippen molar-refractivity contribution in [3.05, 3.63) is 58.9 Å². The third-order valence-electron chi connectivity index (χ3n) is 3.29. The molecule has 0 fully saturated rings. The first kappa shape index (κ1) is 17.9. The Hall–Kier alpha value is -2.48. The van der Waals surface area contributed by atoms with Gasteiger partial charge in [0, 0.05) is 11.0 Å². The number of rotatable bonds is 1. The largest absolute Gasteiger partial charge is 0.494 e. The second kappa shape index (κ2) is 6.56. The van der Waals surface area contributed by atoms with Crippen LogP contribution in [0.1, 0.15) is 43.3 Å². The summed E-state index contributed by atoms with van der Waals surface area (Å²) in [4.78, 5) is 3.78. The third-order valence-corrected chi connectivity index (χ3v) is 3.29. The Morgan fingerprint density at radius 3 is 2.12 bits per heavy atom. The zero-order chi connectivity index (χ0) is 18.0. The number of benzene rings is 1. The Morgan fingerprint density at radius 1 is 1.00 bits per heavy atom. The van der Waals surface area contributed by atoms with Gasteiger partial charge in [-0.25, -0.2) is 4.98 Å². The summed E-state index contributed by atoms with van der Waals surface area (Å²) in [5, 5.41) is 0. The van der Waals surface area contributed by atoms with Gasteiger partial charge in [0.15, 0.2) is 5.75 Å². The van der Waals surface area contributed by atoms with Crippen molar-refractivity contribution in [3.8, 4) is 17.6 Å². The Balaban J connectivity index is 2.67. The van der Waals surface area contributed by atoms with E-state index in [9.17, 15) is 13.2 Å². The molecule has 24 heavy (non-hydrogen) atoms. The predicted octanol–water partition coefficient (Wildman–Crippen LogP) is 4.81. The van der Waals surface area contributed by atoms with E-state index in [-0.39, 0.29) is 17.0 Å². The highest BCUT2D eigenvalue weighted by atomic mass is 19.4. The van der Waals surface area contributed by atoms with Crippen molar-refractivity contribution in [2.24, 2.45) is 0 Å². The van der Waals surface area contributed by atoms with Gasteiger partial charge in [0.2, 0.25) is 0 Å². The average Bonchev–Trinajstić information content (AvgIpc) is 2.51. The minimum Gasteiger partial charge on any atom is -0.494 e. The van der Waals surface area contributed by atoms with Crippen molar-refractivity contribution in [1.82, 2.24) is 4.98 Å². The van der Waals surface area contributed by atoms with Gasteiger partial charge in [-0.15, -0.1) is 0 Å². The highest BCUT2D eigenvalue weighted by Gasteiger charge is 2.36. The molecule has 0 saturated carbocycles. The highest BCUT2D eigenvalue weighted by Crippen LogP contribution is 2.37. The summed E-state index contributed by atoms with van der Waals surface area (Å²) in [5.74, 6) is 5.94. The van der Waals surface area contributed by atoms with E-state index < -0.39 is 17.3 Å². The molecule has 1 aromatic heterocycles. The Labute approximate surface area is 139 Å². The molecule has 126 valence electrons. The predicted molar refractivity (Wildman–Crippen MR) is 86.9 cm³/mol. The van der Waals surface area contributed by atoms with Gasteiger partial charge in [-0.05, 0) is 18.2 Å². The van der Waals surface area contributed by atoms with E-state index in [1.165, 1.54) is 7.11 Å². The first-order valence-corrected chi connectivity index (χ1v) is 7.36. The van der Waals surface area contributed by atoms with Gasteiger partial charge in [0.1, 0.15) is 5.69 Å². The van der Waals surface area contributed by atoms with Gasteiger partial charge in [0.25, 0.3) is 0 Å². The fourth-order valence-electron chi connectivity index (χ4n) is 2.15. The summed E-state index contributed by atoms with van der Waals surface area (Å²) in [5.41, 5.74) is -0.464. The Morgan fingerprint density at radius 2 is 1.62 bits per heavy atom. The number of pyridine rings is 1. The zero-order valence-electron chi connectivity index (χ0n) is 14.0. The van der Waals surface area contributed by atoms with Gasteiger partial charge in [-0.3, -0.25) is 0 Å². The standard InChI is InChI=1S/C19H18F3NO/c1-18(2,3)17-16(24-4)14(12-15(23-17)19(20,21)22)11-10-13-8-6-5-7-9-13/h5-9,12H,1-4H3. The Kier molecular flexibility index (Phi) is 4.88. The Bertz CT molecular complexity index is 778. The minimum atomic E-state index is -4.55. The van der Waals surface area contributed by atoms with E-state index in [1.807, 2.05) is 18.2 Å². The van der Waals surface area contributed by atoms with Crippen LogP contribution in [0.3, 0.4) is 0 Å². The van der Waals surface area contributed by atoms with Gasteiger partial charge in [-0.1, -0.05) is 50.8 Å². The van der Waals surface area contributed by atoms with Crippen molar-refractivity contribution in [2.75, 3.05) is 7.11 Å². The number of hydrogen-bond acceptors (Lipinski definition) is 2. The van der Waals surface area contributed by atoms with Crippen LogP contribution in [0, 0.1) is 11.8 Å². The summed E-state index contributed by atoms with van der Waals surface area (Å²) in [6, 6.07) is 9.98. The summed E-state index contributed by atoms with van der Waals surface area (Å²) < 4.78 is 44.9. The molecule has 0 atom stereocenters. The summed E-state index contributed by atoms with van der Waals surface area (Å²) in [6.07, 6.45) is -4.55. The minimum absolute atomic E-state index is 0.175.